The summed E-state index contributed by atoms with van der Waals surface area (Å²) in [6, 6.07) is 17.8. The smallest absolute Gasteiger partial charge is 0.307 e. The minimum absolute atomic E-state index is 0.192. The first-order valence-electron chi connectivity index (χ1n) is 10.6. The highest BCUT2D eigenvalue weighted by Crippen LogP contribution is 2.32. The Bertz CT molecular complexity index is 772. The first-order chi connectivity index (χ1) is 13.7. The lowest BCUT2D eigenvalue weighted by atomic mass is 9.94. The van der Waals surface area contributed by atoms with Crippen LogP contribution in [0, 0.1) is 5.92 Å². The van der Waals surface area contributed by atoms with Gasteiger partial charge >= 0.3 is 5.97 Å². The van der Waals surface area contributed by atoms with Gasteiger partial charge in [0.25, 0.3) is 0 Å². The summed E-state index contributed by atoms with van der Waals surface area (Å²) in [4.78, 5) is 13.6. The van der Waals surface area contributed by atoms with Crippen LogP contribution < -0.4 is 5.32 Å². The second kappa shape index (κ2) is 8.89. The van der Waals surface area contributed by atoms with E-state index in [4.69, 9.17) is 0 Å². The second-order valence-electron chi connectivity index (χ2n) is 8.12. The van der Waals surface area contributed by atoms with Crippen LogP contribution in [0.1, 0.15) is 47.6 Å². The number of nitrogens with zero attached hydrogens (tertiary/aromatic N) is 1. The number of carboxylic acids is 1. The number of likely N-dealkylation sites (tertiary alicyclic amines) is 1. The molecule has 1 aliphatic heterocycles. The van der Waals surface area contributed by atoms with E-state index in [1.807, 2.05) is 0 Å². The van der Waals surface area contributed by atoms with E-state index in [0.717, 1.165) is 51.7 Å². The molecular weight excluding hydrogens is 348 g/mol. The summed E-state index contributed by atoms with van der Waals surface area (Å²) in [7, 11) is 0. The molecule has 2 aliphatic rings. The van der Waals surface area contributed by atoms with Gasteiger partial charge in [-0.2, -0.15) is 0 Å². The molecule has 0 radical (unpaired) electrons. The number of rotatable bonds is 6. The van der Waals surface area contributed by atoms with Crippen molar-refractivity contribution in [3.05, 3.63) is 70.8 Å². The number of hydrogen-bond acceptors (Lipinski definition) is 3. The van der Waals surface area contributed by atoms with Gasteiger partial charge in [0, 0.05) is 6.54 Å². The average molecular weight is 379 g/mol. The van der Waals surface area contributed by atoms with Gasteiger partial charge < -0.3 is 15.3 Å². The molecule has 1 unspecified atom stereocenters. The predicted molar refractivity (Wildman–Crippen MR) is 112 cm³/mol. The van der Waals surface area contributed by atoms with Crippen molar-refractivity contribution in [1.29, 1.82) is 0 Å². The Morgan fingerprint density at radius 1 is 1.04 bits per heavy atom. The molecule has 1 fully saturated rings. The highest BCUT2D eigenvalue weighted by Gasteiger charge is 2.25. The molecule has 148 valence electrons. The van der Waals surface area contributed by atoms with Crippen molar-refractivity contribution in [1.82, 2.24) is 10.2 Å². The molecule has 4 heteroatoms. The van der Waals surface area contributed by atoms with Gasteiger partial charge in [0.05, 0.1) is 12.0 Å². The molecule has 0 saturated carbocycles. The molecule has 1 atom stereocenters. The van der Waals surface area contributed by atoms with Crippen molar-refractivity contribution in [2.24, 2.45) is 5.92 Å². The summed E-state index contributed by atoms with van der Waals surface area (Å²) in [5, 5.41) is 13.1. The fraction of sp³-hybridized carbons (Fsp3) is 0.458. The number of carbonyl (C=O) groups is 1. The molecule has 4 nitrogen and oxygen atoms in total. The number of hydrogen-bond donors (Lipinski definition) is 2. The fourth-order valence-electron chi connectivity index (χ4n) is 4.75. The van der Waals surface area contributed by atoms with E-state index in [-0.39, 0.29) is 12.0 Å². The van der Waals surface area contributed by atoms with E-state index in [9.17, 15) is 9.90 Å². The third-order valence-corrected chi connectivity index (χ3v) is 6.25. The molecule has 28 heavy (non-hydrogen) atoms. The Morgan fingerprint density at radius 3 is 2.32 bits per heavy atom. The highest BCUT2D eigenvalue weighted by molar-refractivity contribution is 5.70. The van der Waals surface area contributed by atoms with Crippen LogP contribution in [0.2, 0.25) is 0 Å². The normalized spacial score (nSPS) is 20.2. The number of aryl methyl sites for hydroxylation is 2. The first-order valence-corrected chi connectivity index (χ1v) is 10.6. The van der Waals surface area contributed by atoms with Gasteiger partial charge in [0.15, 0.2) is 0 Å². The topological polar surface area (TPSA) is 52.6 Å². The molecule has 4 rings (SSSR count). The maximum atomic E-state index is 11.3. The number of benzene rings is 2. The van der Waals surface area contributed by atoms with Crippen molar-refractivity contribution in [2.45, 2.75) is 38.1 Å². The number of carboxylic acid groups (broad SMARTS) is 1. The van der Waals surface area contributed by atoms with Crippen molar-refractivity contribution in [3.8, 4) is 0 Å². The average Bonchev–Trinajstić information content (AvgIpc) is 2.88. The van der Waals surface area contributed by atoms with Crippen molar-refractivity contribution >= 4 is 5.97 Å². The molecule has 2 N–H and O–H groups in total. The lowest BCUT2D eigenvalue weighted by Crippen LogP contribution is -2.40. The van der Waals surface area contributed by atoms with Crippen molar-refractivity contribution < 1.29 is 9.90 Å². The van der Waals surface area contributed by atoms with Crippen LogP contribution in [0.25, 0.3) is 0 Å². The summed E-state index contributed by atoms with van der Waals surface area (Å²) in [5.41, 5.74) is 5.68. The predicted octanol–water partition coefficient (Wildman–Crippen LogP) is 3.65. The molecule has 2 aromatic carbocycles. The zero-order chi connectivity index (χ0) is 19.3. The molecule has 0 aromatic heterocycles. The Labute approximate surface area is 167 Å². The van der Waals surface area contributed by atoms with E-state index < -0.39 is 5.97 Å². The van der Waals surface area contributed by atoms with Crippen LogP contribution in [-0.2, 0) is 17.6 Å². The number of aliphatic carboxylic acids is 1. The largest absolute Gasteiger partial charge is 0.481 e. The molecule has 0 bridgehead atoms. The van der Waals surface area contributed by atoms with Crippen molar-refractivity contribution in [2.75, 3.05) is 26.2 Å². The molecule has 1 heterocycles. The Balaban J connectivity index is 1.40. The van der Waals surface area contributed by atoms with Crippen LogP contribution in [-0.4, -0.2) is 42.2 Å². The minimum Gasteiger partial charge on any atom is -0.481 e. The summed E-state index contributed by atoms with van der Waals surface area (Å²) in [6.45, 7) is 3.62. The molecule has 0 amide bonds. The summed E-state index contributed by atoms with van der Waals surface area (Å²) >= 11 is 0. The van der Waals surface area contributed by atoms with Crippen LogP contribution in [0.4, 0.5) is 0 Å². The van der Waals surface area contributed by atoms with Gasteiger partial charge in [-0.25, -0.2) is 0 Å². The zero-order valence-corrected chi connectivity index (χ0v) is 16.4. The lowest BCUT2D eigenvalue weighted by Gasteiger charge is -2.30. The minimum atomic E-state index is -0.644. The van der Waals surface area contributed by atoms with Gasteiger partial charge in [0.2, 0.25) is 0 Å². The monoisotopic (exact) mass is 378 g/mol. The van der Waals surface area contributed by atoms with E-state index in [1.54, 1.807) is 0 Å². The molecule has 2 aromatic rings. The van der Waals surface area contributed by atoms with Gasteiger partial charge in [-0.15, -0.1) is 0 Å². The fourth-order valence-corrected chi connectivity index (χ4v) is 4.75. The van der Waals surface area contributed by atoms with Crippen LogP contribution in [0.5, 0.6) is 0 Å². The number of fused-ring (bicyclic) bond motifs is 2. The van der Waals surface area contributed by atoms with Crippen LogP contribution >= 0.6 is 0 Å². The highest BCUT2D eigenvalue weighted by atomic mass is 16.4. The van der Waals surface area contributed by atoms with Crippen molar-refractivity contribution in [3.63, 3.8) is 0 Å². The third-order valence-electron chi connectivity index (χ3n) is 6.25. The quantitative estimate of drug-likeness (QED) is 0.754. The number of nitrogens with one attached hydrogen (secondary N) is 1. The van der Waals surface area contributed by atoms with Crippen LogP contribution in [0.15, 0.2) is 48.5 Å². The lowest BCUT2D eigenvalue weighted by molar-refractivity contribution is -0.143. The maximum Gasteiger partial charge on any atom is 0.307 e. The van der Waals surface area contributed by atoms with E-state index in [2.05, 4.69) is 58.7 Å². The Kier molecular flexibility index (Phi) is 6.08. The summed E-state index contributed by atoms with van der Waals surface area (Å²) in [6.07, 6.45) is 5.03. The Hall–Kier alpha value is -2.17. The van der Waals surface area contributed by atoms with Gasteiger partial charge in [-0.05, 0) is 74.0 Å². The molecule has 1 saturated heterocycles. The standard InChI is InChI=1S/C24H30N2O2/c27-24(28)20-9-5-15-26(17-20)16-6-14-25-23-21-10-3-1-7-18(21)12-13-19-8-2-4-11-22(19)23/h1-4,7-8,10-11,20,23,25H,5-6,9,12-17H2,(H,27,28). The SMILES string of the molecule is O=C(O)C1CCCN(CCCNC2c3ccccc3CCc3ccccc32)C1. The van der Waals surface area contributed by atoms with Gasteiger partial charge in [-0.1, -0.05) is 48.5 Å². The van der Waals surface area contributed by atoms with E-state index in [0.29, 0.717) is 6.54 Å². The summed E-state index contributed by atoms with van der Waals surface area (Å²) < 4.78 is 0. The third kappa shape index (κ3) is 4.29. The van der Waals surface area contributed by atoms with E-state index >= 15 is 0 Å². The number of piperidine rings is 1. The molecule has 0 spiro atoms. The maximum absolute atomic E-state index is 11.3. The van der Waals surface area contributed by atoms with E-state index in [1.165, 1.54) is 22.3 Å². The summed E-state index contributed by atoms with van der Waals surface area (Å²) in [5.74, 6) is -0.836. The zero-order valence-electron chi connectivity index (χ0n) is 16.4. The Morgan fingerprint density at radius 2 is 1.68 bits per heavy atom. The molecular formula is C24H30N2O2. The first kappa shape index (κ1) is 19.2. The van der Waals surface area contributed by atoms with Crippen LogP contribution in [0.3, 0.4) is 0 Å². The molecule has 1 aliphatic carbocycles. The van der Waals surface area contributed by atoms with Gasteiger partial charge in [-0.3, -0.25) is 4.79 Å². The van der Waals surface area contributed by atoms with Gasteiger partial charge in [0.1, 0.15) is 0 Å². The second-order valence-corrected chi connectivity index (χ2v) is 8.12.